The third-order valence-electron chi connectivity index (χ3n) is 9.30. The number of anilines is 1. The molecule has 3 atom stereocenters. The van der Waals surface area contributed by atoms with Crippen LogP contribution in [0.15, 0.2) is 53.6 Å². The van der Waals surface area contributed by atoms with Crippen LogP contribution in [0.4, 0.5) is 11.4 Å². The zero-order chi connectivity index (χ0) is 32.7. The molecule has 4 aliphatic rings. The Morgan fingerprint density at radius 1 is 0.891 bits per heavy atom. The van der Waals surface area contributed by atoms with E-state index in [-0.39, 0.29) is 29.9 Å². The van der Waals surface area contributed by atoms with Crippen LogP contribution in [0.1, 0.15) is 72.2 Å². The first-order chi connectivity index (χ1) is 22.1. The fourth-order valence-electron chi connectivity index (χ4n) is 6.95. The van der Waals surface area contributed by atoms with Gasteiger partial charge in [0.25, 0.3) is 11.8 Å². The molecule has 6 rings (SSSR count). The molecule has 0 unspecified atom stereocenters. The van der Waals surface area contributed by atoms with E-state index in [4.69, 9.17) is 14.2 Å². The molecular weight excluding hydrogens is 584 g/mol. The summed E-state index contributed by atoms with van der Waals surface area (Å²) in [5.74, 6) is 1.63. The van der Waals surface area contributed by atoms with Gasteiger partial charge in [0.15, 0.2) is 11.5 Å². The summed E-state index contributed by atoms with van der Waals surface area (Å²) in [5, 5.41) is 11.4. The van der Waals surface area contributed by atoms with E-state index in [1.54, 1.807) is 29.0 Å². The molecule has 10 heteroatoms. The summed E-state index contributed by atoms with van der Waals surface area (Å²) < 4.78 is 17.9. The smallest absolute Gasteiger partial charge is 0.257 e. The van der Waals surface area contributed by atoms with Gasteiger partial charge in [-0.3, -0.25) is 14.6 Å². The molecular formula is C36H44N4O6. The van der Waals surface area contributed by atoms with Crippen LogP contribution in [0.25, 0.3) is 0 Å². The minimum atomic E-state index is -0.830. The number of hydrogen-bond acceptors (Lipinski definition) is 8. The summed E-state index contributed by atoms with van der Waals surface area (Å²) >= 11 is 0. The predicted octanol–water partition coefficient (Wildman–Crippen LogP) is 5.44. The molecule has 0 saturated carbocycles. The van der Waals surface area contributed by atoms with Crippen LogP contribution >= 0.6 is 0 Å². The normalized spacial score (nSPS) is 22.0. The van der Waals surface area contributed by atoms with Crippen molar-refractivity contribution in [1.29, 1.82) is 0 Å². The van der Waals surface area contributed by atoms with Crippen molar-refractivity contribution >= 4 is 29.4 Å². The highest BCUT2D eigenvalue weighted by molar-refractivity contribution is 6.04. The summed E-state index contributed by atoms with van der Waals surface area (Å²) in [6.07, 6.45) is 4.82. The van der Waals surface area contributed by atoms with Gasteiger partial charge < -0.3 is 34.0 Å². The van der Waals surface area contributed by atoms with Gasteiger partial charge in [-0.1, -0.05) is 24.3 Å². The van der Waals surface area contributed by atoms with E-state index in [0.717, 1.165) is 42.4 Å². The third kappa shape index (κ3) is 5.86. The lowest BCUT2D eigenvalue weighted by atomic mass is 10.0. The quantitative estimate of drug-likeness (QED) is 0.276. The van der Waals surface area contributed by atoms with Gasteiger partial charge in [-0.2, -0.15) is 0 Å². The highest BCUT2D eigenvalue weighted by Crippen LogP contribution is 2.41. The Labute approximate surface area is 270 Å². The van der Waals surface area contributed by atoms with Crippen molar-refractivity contribution in [2.45, 2.75) is 77.2 Å². The van der Waals surface area contributed by atoms with Gasteiger partial charge in [-0.05, 0) is 70.6 Å². The van der Waals surface area contributed by atoms with Crippen LogP contribution in [0.2, 0.25) is 0 Å². The molecule has 2 saturated heterocycles. The zero-order valence-corrected chi connectivity index (χ0v) is 27.3. The molecule has 1 N–H and O–H groups in total. The van der Waals surface area contributed by atoms with Crippen LogP contribution in [0.3, 0.4) is 0 Å². The SMILES string of the molecule is C=C1C[C@H]2C=Nc3cc(OCCCCCOc4cc5c(cc4C)C(=O)N4CC(=C)C[C@H]4[C@H](O)N5C(C)C)c(OC)cc3C(=O)N2C1. The van der Waals surface area contributed by atoms with Crippen LogP contribution in [0, 0.1) is 6.92 Å². The van der Waals surface area contributed by atoms with Crippen molar-refractivity contribution in [1.82, 2.24) is 9.80 Å². The summed E-state index contributed by atoms with van der Waals surface area (Å²) in [5.41, 5.74) is 5.25. The first-order valence-corrected chi connectivity index (χ1v) is 16.2. The van der Waals surface area contributed by atoms with E-state index < -0.39 is 6.23 Å². The van der Waals surface area contributed by atoms with Gasteiger partial charge in [0.1, 0.15) is 12.0 Å². The standard InChI is InChI=1S/C36H44N4O6/c1-21(2)40-29-17-31(24(5)14-27(29)35(42)39-20-23(4)13-30(39)36(40)43)45-10-8-7-9-11-46-33-16-28-26(15-32(33)44-6)34(41)38-19-22(3)12-25(38)18-37-28/h14-18,21,25,30,36,43H,3-4,7-13,19-20H2,1-2,5-6H3/t25-,30-,36-/m0/s1. The summed E-state index contributed by atoms with van der Waals surface area (Å²) in [4.78, 5) is 36.9. The Morgan fingerprint density at radius 2 is 1.57 bits per heavy atom. The maximum atomic E-state index is 13.6. The predicted molar refractivity (Wildman–Crippen MR) is 178 cm³/mol. The summed E-state index contributed by atoms with van der Waals surface area (Å²) in [6, 6.07) is 6.89. The highest BCUT2D eigenvalue weighted by atomic mass is 16.5. The number of aliphatic hydroxyl groups is 1. The molecule has 0 radical (unpaired) electrons. The lowest BCUT2D eigenvalue weighted by Crippen LogP contribution is -2.50. The fourth-order valence-corrected chi connectivity index (χ4v) is 6.95. The van der Waals surface area contributed by atoms with Crippen LogP contribution in [0.5, 0.6) is 17.2 Å². The number of benzene rings is 2. The maximum Gasteiger partial charge on any atom is 0.257 e. The Morgan fingerprint density at radius 3 is 2.28 bits per heavy atom. The molecule has 2 aromatic rings. The van der Waals surface area contributed by atoms with Gasteiger partial charge >= 0.3 is 0 Å². The molecule has 0 bridgehead atoms. The number of nitrogens with zero attached hydrogens (tertiary/aromatic N) is 4. The molecule has 0 aromatic heterocycles. The van der Waals surface area contributed by atoms with Gasteiger partial charge in [-0.25, -0.2) is 0 Å². The van der Waals surface area contributed by atoms with E-state index in [9.17, 15) is 14.7 Å². The Kier molecular flexibility index (Phi) is 8.83. The number of carbonyl (C=O) groups excluding carboxylic acids is 2. The molecule has 0 spiro atoms. The topological polar surface area (TPSA) is 104 Å². The van der Waals surface area contributed by atoms with E-state index in [1.165, 1.54) is 0 Å². The average Bonchev–Trinajstić information content (AvgIpc) is 3.56. The van der Waals surface area contributed by atoms with Crippen molar-refractivity contribution < 1.29 is 28.9 Å². The van der Waals surface area contributed by atoms with Gasteiger partial charge in [0, 0.05) is 37.5 Å². The zero-order valence-electron chi connectivity index (χ0n) is 27.3. The number of aliphatic hydroxyl groups excluding tert-OH is 1. The largest absolute Gasteiger partial charge is 0.493 e. The first-order valence-electron chi connectivity index (χ1n) is 16.2. The maximum absolute atomic E-state index is 13.6. The molecule has 4 aliphatic heterocycles. The Hall–Kier alpha value is -4.31. The molecule has 10 nitrogen and oxygen atoms in total. The van der Waals surface area contributed by atoms with Gasteiger partial charge in [0.05, 0.1) is 54.9 Å². The van der Waals surface area contributed by atoms with E-state index in [2.05, 4.69) is 18.2 Å². The van der Waals surface area contributed by atoms with Crippen LogP contribution < -0.4 is 19.1 Å². The van der Waals surface area contributed by atoms with Crippen molar-refractivity contribution in [3.63, 3.8) is 0 Å². The van der Waals surface area contributed by atoms with Crippen LogP contribution in [-0.2, 0) is 0 Å². The number of fused-ring (bicyclic) bond motifs is 4. The Bertz CT molecular complexity index is 1600. The molecule has 2 aromatic carbocycles. The minimum absolute atomic E-state index is 0.0192. The number of carbonyl (C=O) groups is 2. The van der Waals surface area contributed by atoms with E-state index in [1.807, 2.05) is 44.0 Å². The summed E-state index contributed by atoms with van der Waals surface area (Å²) in [6.45, 7) is 16.1. The minimum Gasteiger partial charge on any atom is -0.493 e. The van der Waals surface area contributed by atoms with Crippen molar-refractivity contribution in [3.8, 4) is 17.2 Å². The molecule has 244 valence electrons. The summed E-state index contributed by atoms with van der Waals surface area (Å²) in [7, 11) is 1.57. The average molecular weight is 629 g/mol. The second-order valence-electron chi connectivity index (χ2n) is 13.0. The molecule has 4 heterocycles. The Balaban J connectivity index is 1.05. The number of methoxy groups -OCH3 is 1. The van der Waals surface area contributed by atoms with E-state index in [0.29, 0.717) is 72.5 Å². The number of aryl methyl sites for hydroxylation is 1. The number of amides is 2. The van der Waals surface area contributed by atoms with Gasteiger partial charge in [-0.15, -0.1) is 0 Å². The number of hydrogen-bond donors (Lipinski definition) is 1. The highest BCUT2D eigenvalue weighted by Gasteiger charge is 2.44. The van der Waals surface area contributed by atoms with Crippen molar-refractivity contribution in [2.75, 3.05) is 38.3 Å². The van der Waals surface area contributed by atoms with Crippen molar-refractivity contribution in [3.05, 3.63) is 65.3 Å². The monoisotopic (exact) mass is 628 g/mol. The number of rotatable bonds is 10. The van der Waals surface area contributed by atoms with Crippen LogP contribution in [-0.4, -0.2) is 90.7 Å². The number of aliphatic imine (C=N–C) groups is 1. The van der Waals surface area contributed by atoms with Crippen molar-refractivity contribution in [2.24, 2.45) is 4.99 Å². The number of unbranched alkanes of at least 4 members (excludes halogenated alkanes) is 2. The van der Waals surface area contributed by atoms with Gasteiger partial charge in [0.2, 0.25) is 0 Å². The third-order valence-corrected chi connectivity index (χ3v) is 9.30. The lowest BCUT2D eigenvalue weighted by molar-refractivity contribution is 0.0497. The lowest BCUT2D eigenvalue weighted by Gasteiger charge is -2.36. The van der Waals surface area contributed by atoms with E-state index >= 15 is 0 Å². The number of ether oxygens (including phenoxy) is 3. The molecule has 2 fully saturated rings. The molecule has 0 aliphatic carbocycles. The molecule has 2 amide bonds. The molecule has 46 heavy (non-hydrogen) atoms. The second kappa shape index (κ2) is 12.8. The first kappa shape index (κ1) is 31.7. The second-order valence-corrected chi connectivity index (χ2v) is 13.0. The fraction of sp³-hybridized carbons (Fsp3) is 0.472.